The third kappa shape index (κ3) is 3.07. The van der Waals surface area contributed by atoms with Crippen LogP contribution in [-0.2, 0) is 4.84 Å². The number of carboxylic acids is 1. The van der Waals surface area contributed by atoms with Crippen LogP contribution in [0.25, 0.3) is 0 Å². The molecule has 5 nitrogen and oxygen atoms in total. The maximum atomic E-state index is 11.4. The van der Waals surface area contributed by atoms with E-state index in [0.29, 0.717) is 0 Å². The molecule has 0 atom stereocenters. The Morgan fingerprint density at radius 2 is 1.87 bits per heavy atom. The van der Waals surface area contributed by atoms with Crippen molar-refractivity contribution in [2.45, 2.75) is 0 Å². The molecule has 0 aliphatic heterocycles. The van der Waals surface area contributed by atoms with Crippen LogP contribution >= 0.6 is 0 Å². The van der Waals surface area contributed by atoms with Gasteiger partial charge < -0.3 is 9.94 Å². The second-order valence-corrected chi connectivity index (χ2v) is 3.08. The van der Waals surface area contributed by atoms with Gasteiger partial charge in [-0.05, 0) is 18.2 Å². The highest BCUT2D eigenvalue weighted by molar-refractivity contribution is 5.94. The molecule has 1 aromatic rings. The monoisotopic (exact) mass is 209 g/mol. The van der Waals surface area contributed by atoms with E-state index in [1.54, 1.807) is 14.1 Å². The summed E-state index contributed by atoms with van der Waals surface area (Å²) in [6.45, 7) is 0. The van der Waals surface area contributed by atoms with E-state index in [-0.39, 0.29) is 11.1 Å². The molecule has 80 valence electrons. The fraction of sp³-hybridized carbons (Fsp3) is 0.200. The van der Waals surface area contributed by atoms with Gasteiger partial charge in [0.05, 0.1) is 11.1 Å². The molecule has 0 spiro atoms. The summed E-state index contributed by atoms with van der Waals surface area (Å²) in [5.41, 5.74) is 0.270. The van der Waals surface area contributed by atoms with Gasteiger partial charge >= 0.3 is 11.9 Å². The second-order valence-electron chi connectivity index (χ2n) is 3.08. The summed E-state index contributed by atoms with van der Waals surface area (Å²) in [4.78, 5) is 26.8. The van der Waals surface area contributed by atoms with E-state index in [2.05, 4.69) is 0 Å². The highest BCUT2D eigenvalue weighted by Crippen LogP contribution is 2.07. The Morgan fingerprint density at radius 1 is 1.27 bits per heavy atom. The summed E-state index contributed by atoms with van der Waals surface area (Å²) in [6, 6.07) is 5.68. The maximum absolute atomic E-state index is 11.4. The first-order chi connectivity index (χ1) is 7.00. The fourth-order valence-corrected chi connectivity index (χ4v) is 0.998. The molecular weight excluding hydrogens is 198 g/mol. The molecule has 15 heavy (non-hydrogen) atoms. The van der Waals surface area contributed by atoms with Crippen molar-refractivity contribution in [1.29, 1.82) is 0 Å². The highest BCUT2D eigenvalue weighted by atomic mass is 16.7. The topological polar surface area (TPSA) is 66.8 Å². The number of aromatic carboxylic acids is 1. The van der Waals surface area contributed by atoms with E-state index in [0.717, 1.165) is 0 Å². The van der Waals surface area contributed by atoms with Crippen molar-refractivity contribution in [3.63, 3.8) is 0 Å². The largest absolute Gasteiger partial charge is 0.478 e. The Bertz CT molecular complexity index is 387. The fourth-order valence-electron chi connectivity index (χ4n) is 0.998. The van der Waals surface area contributed by atoms with Crippen molar-refractivity contribution in [2.75, 3.05) is 14.1 Å². The molecule has 0 bridgehead atoms. The number of nitrogens with zero attached hydrogens (tertiary/aromatic N) is 1. The lowest BCUT2D eigenvalue weighted by atomic mass is 10.1. The Kier molecular flexibility index (Phi) is 3.41. The van der Waals surface area contributed by atoms with Crippen LogP contribution in [0.5, 0.6) is 0 Å². The van der Waals surface area contributed by atoms with E-state index in [9.17, 15) is 9.59 Å². The summed E-state index contributed by atoms with van der Waals surface area (Å²) in [6.07, 6.45) is 0. The van der Waals surface area contributed by atoms with Gasteiger partial charge in [0.2, 0.25) is 0 Å². The van der Waals surface area contributed by atoms with Crippen molar-refractivity contribution >= 4 is 11.9 Å². The first kappa shape index (κ1) is 11.2. The van der Waals surface area contributed by atoms with Gasteiger partial charge in [-0.25, -0.2) is 9.59 Å². The maximum Gasteiger partial charge on any atom is 0.357 e. The molecule has 0 heterocycles. The molecule has 5 heteroatoms. The van der Waals surface area contributed by atoms with Crippen LogP contribution in [0.2, 0.25) is 0 Å². The van der Waals surface area contributed by atoms with Gasteiger partial charge in [0.15, 0.2) is 0 Å². The summed E-state index contributed by atoms with van der Waals surface area (Å²) in [7, 11) is 3.14. The van der Waals surface area contributed by atoms with Gasteiger partial charge in [-0.1, -0.05) is 6.07 Å². The number of carbonyl (C=O) groups excluding carboxylic acids is 1. The SMILES string of the molecule is CN(C)OC(=O)c1cccc(C(=O)O)c1. The van der Waals surface area contributed by atoms with Crippen LogP contribution in [0.3, 0.4) is 0 Å². The van der Waals surface area contributed by atoms with Gasteiger partial charge in [0.25, 0.3) is 0 Å². The van der Waals surface area contributed by atoms with E-state index in [1.807, 2.05) is 0 Å². The van der Waals surface area contributed by atoms with Crippen LogP contribution in [-0.4, -0.2) is 36.2 Å². The minimum Gasteiger partial charge on any atom is -0.478 e. The lowest BCUT2D eigenvalue weighted by molar-refractivity contribution is -0.0713. The number of hydroxylamine groups is 2. The molecule has 0 aliphatic carbocycles. The van der Waals surface area contributed by atoms with Crippen molar-refractivity contribution in [3.8, 4) is 0 Å². The Hall–Kier alpha value is -1.88. The molecular formula is C10H11NO4. The minimum atomic E-state index is -1.07. The lowest BCUT2D eigenvalue weighted by Crippen LogP contribution is -2.18. The smallest absolute Gasteiger partial charge is 0.357 e. The quantitative estimate of drug-likeness (QED) is 0.753. The Labute approximate surface area is 86.8 Å². The molecule has 0 unspecified atom stereocenters. The third-order valence-corrected chi connectivity index (χ3v) is 1.61. The standard InChI is InChI=1S/C10H11NO4/c1-11(2)15-10(14)8-5-3-4-7(6-8)9(12)13/h3-6H,1-2H3,(H,12,13). The molecule has 0 fully saturated rings. The van der Waals surface area contributed by atoms with E-state index < -0.39 is 11.9 Å². The first-order valence-corrected chi connectivity index (χ1v) is 4.23. The van der Waals surface area contributed by atoms with E-state index in [1.165, 1.54) is 29.3 Å². The van der Waals surface area contributed by atoms with Gasteiger partial charge in [0, 0.05) is 14.1 Å². The molecule has 1 aromatic carbocycles. The van der Waals surface area contributed by atoms with Crippen molar-refractivity contribution in [3.05, 3.63) is 35.4 Å². The Morgan fingerprint density at radius 3 is 2.40 bits per heavy atom. The lowest BCUT2D eigenvalue weighted by Gasteiger charge is -2.09. The summed E-state index contributed by atoms with van der Waals surface area (Å²) in [5.74, 6) is -1.65. The highest BCUT2D eigenvalue weighted by Gasteiger charge is 2.11. The summed E-state index contributed by atoms with van der Waals surface area (Å²) >= 11 is 0. The minimum absolute atomic E-state index is 0.0585. The molecule has 1 rings (SSSR count). The second kappa shape index (κ2) is 4.56. The predicted octanol–water partition coefficient (Wildman–Crippen LogP) is 1.02. The molecule has 0 saturated carbocycles. The van der Waals surface area contributed by atoms with Gasteiger partial charge in [0.1, 0.15) is 0 Å². The molecule has 0 amide bonds. The van der Waals surface area contributed by atoms with Gasteiger partial charge in [-0.2, -0.15) is 0 Å². The number of hydrogen-bond donors (Lipinski definition) is 1. The van der Waals surface area contributed by atoms with Crippen LogP contribution in [0.15, 0.2) is 24.3 Å². The van der Waals surface area contributed by atoms with Gasteiger partial charge in [-0.3, -0.25) is 0 Å². The number of rotatable bonds is 3. The molecule has 1 N–H and O–H groups in total. The zero-order valence-corrected chi connectivity index (χ0v) is 8.43. The molecule has 0 radical (unpaired) electrons. The number of benzene rings is 1. The molecule has 0 aliphatic rings. The Balaban J connectivity index is 2.90. The van der Waals surface area contributed by atoms with Crippen molar-refractivity contribution in [2.24, 2.45) is 0 Å². The zero-order valence-electron chi connectivity index (χ0n) is 8.43. The van der Waals surface area contributed by atoms with Crippen LogP contribution in [0.1, 0.15) is 20.7 Å². The van der Waals surface area contributed by atoms with Crippen LogP contribution in [0.4, 0.5) is 0 Å². The van der Waals surface area contributed by atoms with Crippen molar-refractivity contribution < 1.29 is 19.5 Å². The number of hydrogen-bond acceptors (Lipinski definition) is 4. The van der Waals surface area contributed by atoms with Crippen LogP contribution in [0, 0.1) is 0 Å². The average molecular weight is 209 g/mol. The van der Waals surface area contributed by atoms with E-state index in [4.69, 9.17) is 9.94 Å². The van der Waals surface area contributed by atoms with Gasteiger partial charge in [-0.15, -0.1) is 5.06 Å². The molecule has 0 aromatic heterocycles. The average Bonchev–Trinajstić information content (AvgIpc) is 2.17. The van der Waals surface area contributed by atoms with E-state index >= 15 is 0 Å². The number of carboxylic acid groups (broad SMARTS) is 1. The van der Waals surface area contributed by atoms with Crippen molar-refractivity contribution in [1.82, 2.24) is 5.06 Å². The first-order valence-electron chi connectivity index (χ1n) is 4.23. The zero-order chi connectivity index (χ0) is 11.4. The predicted molar refractivity (Wildman–Crippen MR) is 52.5 cm³/mol. The summed E-state index contributed by atoms with van der Waals surface area (Å²) in [5, 5.41) is 9.96. The third-order valence-electron chi connectivity index (χ3n) is 1.61. The molecule has 0 saturated heterocycles. The normalized spacial score (nSPS) is 10.1. The summed E-state index contributed by atoms with van der Waals surface area (Å²) < 4.78 is 0. The van der Waals surface area contributed by atoms with Crippen LogP contribution < -0.4 is 0 Å². The number of carbonyl (C=O) groups is 2.